The molecule has 5 nitrogen and oxygen atoms in total. The smallest absolute Gasteiger partial charge is 0.234 e. The van der Waals surface area contributed by atoms with Gasteiger partial charge in [0.15, 0.2) is 0 Å². The Labute approximate surface area is 146 Å². The minimum absolute atomic E-state index is 0.0879. The first kappa shape index (κ1) is 18.3. The van der Waals surface area contributed by atoms with Gasteiger partial charge in [0.2, 0.25) is 5.91 Å². The van der Waals surface area contributed by atoms with Crippen LogP contribution in [0.5, 0.6) is 5.75 Å². The highest BCUT2D eigenvalue weighted by Gasteiger charge is 2.13. The van der Waals surface area contributed by atoms with Gasteiger partial charge in [-0.3, -0.25) is 4.79 Å². The molecular formula is C18H21ClN2O3. The SMILES string of the molecule is NC(=O)C(CCO)NCc1ccc(OCc2ccccc2Cl)cc1. The van der Waals surface area contributed by atoms with Gasteiger partial charge in [-0.1, -0.05) is 41.9 Å². The summed E-state index contributed by atoms with van der Waals surface area (Å²) in [6.45, 7) is 0.797. The molecule has 128 valence electrons. The van der Waals surface area contributed by atoms with E-state index in [9.17, 15) is 4.79 Å². The van der Waals surface area contributed by atoms with Crippen molar-refractivity contribution in [3.05, 3.63) is 64.7 Å². The van der Waals surface area contributed by atoms with Gasteiger partial charge >= 0.3 is 0 Å². The van der Waals surface area contributed by atoms with Gasteiger partial charge in [0.1, 0.15) is 12.4 Å². The van der Waals surface area contributed by atoms with Crippen LogP contribution in [0, 0.1) is 0 Å². The normalized spacial score (nSPS) is 11.9. The lowest BCUT2D eigenvalue weighted by atomic mass is 10.1. The number of nitrogens with one attached hydrogen (secondary N) is 1. The van der Waals surface area contributed by atoms with E-state index in [2.05, 4.69) is 5.32 Å². The molecule has 24 heavy (non-hydrogen) atoms. The van der Waals surface area contributed by atoms with E-state index in [4.69, 9.17) is 27.2 Å². The number of primary amides is 1. The predicted molar refractivity (Wildman–Crippen MR) is 93.8 cm³/mol. The van der Waals surface area contributed by atoms with Crippen molar-refractivity contribution in [1.82, 2.24) is 5.32 Å². The second-order valence-corrected chi connectivity index (χ2v) is 5.78. The molecule has 1 amide bonds. The molecule has 0 saturated heterocycles. The minimum atomic E-state index is -0.536. The van der Waals surface area contributed by atoms with E-state index < -0.39 is 11.9 Å². The quantitative estimate of drug-likeness (QED) is 0.649. The zero-order chi connectivity index (χ0) is 17.4. The fourth-order valence-electron chi connectivity index (χ4n) is 2.20. The number of carbonyl (C=O) groups excluding carboxylic acids is 1. The summed E-state index contributed by atoms with van der Waals surface area (Å²) < 4.78 is 5.72. The first-order valence-electron chi connectivity index (χ1n) is 7.69. The Morgan fingerprint density at radius 2 is 1.92 bits per heavy atom. The number of aliphatic hydroxyl groups is 1. The molecule has 0 aromatic heterocycles. The second kappa shape index (κ2) is 9.27. The standard InChI is InChI=1S/C18H21ClN2O3/c19-16-4-2-1-3-14(16)12-24-15-7-5-13(6-8-15)11-21-17(9-10-22)18(20)23/h1-8,17,21-22H,9-12H2,(H2,20,23). The van der Waals surface area contributed by atoms with E-state index in [1.807, 2.05) is 48.5 Å². The lowest BCUT2D eigenvalue weighted by Crippen LogP contribution is -2.41. The molecule has 1 atom stereocenters. The van der Waals surface area contributed by atoms with Crippen LogP contribution in [0.3, 0.4) is 0 Å². The van der Waals surface area contributed by atoms with Gasteiger partial charge in [-0.2, -0.15) is 0 Å². The van der Waals surface area contributed by atoms with Crippen molar-refractivity contribution in [3.8, 4) is 5.75 Å². The van der Waals surface area contributed by atoms with Crippen molar-refractivity contribution in [1.29, 1.82) is 0 Å². The maximum Gasteiger partial charge on any atom is 0.234 e. The van der Waals surface area contributed by atoms with E-state index in [0.717, 1.165) is 16.9 Å². The number of benzene rings is 2. The molecular weight excluding hydrogens is 328 g/mol. The van der Waals surface area contributed by atoms with Crippen molar-refractivity contribution in [2.45, 2.75) is 25.6 Å². The monoisotopic (exact) mass is 348 g/mol. The summed E-state index contributed by atoms with van der Waals surface area (Å²) in [5, 5.41) is 12.6. The summed E-state index contributed by atoms with van der Waals surface area (Å²) in [4.78, 5) is 11.2. The van der Waals surface area contributed by atoms with Crippen molar-refractivity contribution in [2.75, 3.05) is 6.61 Å². The molecule has 0 heterocycles. The van der Waals surface area contributed by atoms with Crippen LogP contribution >= 0.6 is 11.6 Å². The molecule has 0 aliphatic heterocycles. The average molecular weight is 349 g/mol. The number of ether oxygens (including phenoxy) is 1. The number of rotatable bonds is 9. The summed E-state index contributed by atoms with van der Waals surface area (Å²) in [6.07, 6.45) is 0.300. The highest BCUT2D eigenvalue weighted by Crippen LogP contribution is 2.19. The number of hydrogen-bond donors (Lipinski definition) is 3. The minimum Gasteiger partial charge on any atom is -0.489 e. The topological polar surface area (TPSA) is 84.6 Å². The van der Waals surface area contributed by atoms with Crippen LogP contribution < -0.4 is 15.8 Å². The zero-order valence-corrected chi connectivity index (χ0v) is 14.0. The Hall–Kier alpha value is -2.08. The Kier molecular flexibility index (Phi) is 7.06. The molecule has 2 rings (SSSR count). The summed E-state index contributed by atoms with van der Waals surface area (Å²) in [5.74, 6) is 0.268. The fraction of sp³-hybridized carbons (Fsp3) is 0.278. The highest BCUT2D eigenvalue weighted by molar-refractivity contribution is 6.31. The molecule has 0 spiro atoms. The van der Waals surface area contributed by atoms with E-state index in [-0.39, 0.29) is 6.61 Å². The number of carbonyl (C=O) groups is 1. The van der Waals surface area contributed by atoms with Crippen LogP contribution in [0.4, 0.5) is 0 Å². The first-order valence-corrected chi connectivity index (χ1v) is 8.06. The Morgan fingerprint density at radius 3 is 2.54 bits per heavy atom. The van der Waals surface area contributed by atoms with Crippen molar-refractivity contribution < 1.29 is 14.6 Å². The van der Waals surface area contributed by atoms with Crippen molar-refractivity contribution in [2.24, 2.45) is 5.73 Å². The average Bonchev–Trinajstić information content (AvgIpc) is 2.58. The molecule has 1 unspecified atom stereocenters. The van der Waals surface area contributed by atoms with E-state index >= 15 is 0 Å². The lowest BCUT2D eigenvalue weighted by molar-refractivity contribution is -0.120. The van der Waals surface area contributed by atoms with Crippen LogP contribution in [-0.4, -0.2) is 23.7 Å². The molecule has 0 radical (unpaired) electrons. The van der Waals surface area contributed by atoms with Gasteiger partial charge < -0.3 is 20.9 Å². The predicted octanol–water partition coefficient (Wildman–Crippen LogP) is 2.24. The molecule has 4 N–H and O–H groups in total. The maximum atomic E-state index is 11.2. The van der Waals surface area contributed by atoms with Crippen LogP contribution in [0.25, 0.3) is 0 Å². The third kappa shape index (κ3) is 5.53. The maximum absolute atomic E-state index is 11.2. The van der Waals surface area contributed by atoms with Gasteiger partial charge in [0, 0.05) is 23.7 Å². The van der Waals surface area contributed by atoms with Crippen molar-refractivity contribution >= 4 is 17.5 Å². The highest BCUT2D eigenvalue weighted by atomic mass is 35.5. The zero-order valence-electron chi connectivity index (χ0n) is 13.2. The Balaban J connectivity index is 1.86. The summed E-state index contributed by atoms with van der Waals surface area (Å²) in [6, 6.07) is 14.6. The van der Waals surface area contributed by atoms with Gasteiger partial charge in [-0.05, 0) is 30.2 Å². The van der Waals surface area contributed by atoms with Crippen LogP contribution in [-0.2, 0) is 17.9 Å². The summed E-state index contributed by atoms with van der Waals surface area (Å²) in [5.41, 5.74) is 7.19. The third-order valence-corrected chi connectivity index (χ3v) is 3.96. The largest absolute Gasteiger partial charge is 0.489 e. The molecule has 0 fully saturated rings. The molecule has 2 aromatic carbocycles. The third-order valence-electron chi connectivity index (χ3n) is 3.59. The number of nitrogens with two attached hydrogens (primary N) is 1. The van der Waals surface area contributed by atoms with Crippen molar-refractivity contribution in [3.63, 3.8) is 0 Å². The number of aliphatic hydroxyl groups excluding tert-OH is 1. The molecule has 0 bridgehead atoms. The molecule has 0 aliphatic carbocycles. The van der Waals surface area contributed by atoms with Gasteiger partial charge in [-0.25, -0.2) is 0 Å². The number of halogens is 1. The fourth-order valence-corrected chi connectivity index (χ4v) is 2.39. The van der Waals surface area contributed by atoms with E-state index in [0.29, 0.717) is 24.6 Å². The Bertz CT molecular complexity index is 662. The number of amides is 1. The van der Waals surface area contributed by atoms with Gasteiger partial charge in [0.25, 0.3) is 0 Å². The number of hydrogen-bond acceptors (Lipinski definition) is 4. The van der Waals surface area contributed by atoms with E-state index in [1.165, 1.54) is 0 Å². The van der Waals surface area contributed by atoms with Gasteiger partial charge in [-0.15, -0.1) is 0 Å². The lowest BCUT2D eigenvalue weighted by Gasteiger charge is -2.14. The van der Waals surface area contributed by atoms with E-state index in [1.54, 1.807) is 0 Å². The van der Waals surface area contributed by atoms with Crippen LogP contribution in [0.15, 0.2) is 48.5 Å². The Morgan fingerprint density at radius 1 is 1.21 bits per heavy atom. The molecule has 6 heteroatoms. The molecule has 0 aliphatic rings. The molecule has 0 saturated carbocycles. The van der Waals surface area contributed by atoms with Crippen LogP contribution in [0.1, 0.15) is 17.5 Å². The molecule has 2 aromatic rings. The van der Waals surface area contributed by atoms with Crippen LogP contribution in [0.2, 0.25) is 5.02 Å². The summed E-state index contributed by atoms with van der Waals surface area (Å²) in [7, 11) is 0. The second-order valence-electron chi connectivity index (χ2n) is 5.37. The first-order chi connectivity index (χ1) is 11.6. The summed E-state index contributed by atoms with van der Waals surface area (Å²) >= 11 is 6.09. The van der Waals surface area contributed by atoms with Gasteiger partial charge in [0.05, 0.1) is 6.04 Å².